The van der Waals surface area contributed by atoms with Gasteiger partial charge in [-0.25, -0.2) is 4.98 Å². The van der Waals surface area contributed by atoms with E-state index in [1.165, 1.54) is 0 Å². The van der Waals surface area contributed by atoms with Crippen LogP contribution in [0.4, 0.5) is 5.82 Å². The highest BCUT2D eigenvalue weighted by Crippen LogP contribution is 2.11. The summed E-state index contributed by atoms with van der Waals surface area (Å²) < 4.78 is 6.88. The number of fused-ring (bicyclic) bond motifs is 1. The van der Waals surface area contributed by atoms with E-state index in [4.69, 9.17) is 10.5 Å². The molecular formula is C11H18N6O. The first kappa shape index (κ1) is 12.7. The molecule has 0 amide bonds. The van der Waals surface area contributed by atoms with Gasteiger partial charge in [-0.05, 0) is 13.3 Å². The van der Waals surface area contributed by atoms with Crippen molar-refractivity contribution in [1.82, 2.24) is 19.6 Å². The fourth-order valence-electron chi connectivity index (χ4n) is 1.74. The highest BCUT2D eigenvalue weighted by molar-refractivity contribution is 5.61. The van der Waals surface area contributed by atoms with Crippen LogP contribution >= 0.6 is 0 Å². The number of hydrogen-bond acceptors (Lipinski definition) is 6. The van der Waals surface area contributed by atoms with Crippen LogP contribution in [0.1, 0.15) is 12.2 Å². The van der Waals surface area contributed by atoms with Gasteiger partial charge in [0.1, 0.15) is 5.82 Å². The molecule has 0 aliphatic rings. The average Bonchev–Trinajstić information content (AvgIpc) is 2.73. The standard InChI is InChI=1S/C11H18N6O/c1-8-15-16-11-10(14-5-6-17(8)11)13-4-3-9(12)7-18-2/h5-6,9H,3-4,7,12H2,1-2H3,(H,13,14). The van der Waals surface area contributed by atoms with Crippen LogP contribution in [0.25, 0.3) is 5.65 Å². The van der Waals surface area contributed by atoms with E-state index < -0.39 is 0 Å². The zero-order valence-corrected chi connectivity index (χ0v) is 10.6. The van der Waals surface area contributed by atoms with Gasteiger partial charge in [-0.3, -0.25) is 4.40 Å². The summed E-state index contributed by atoms with van der Waals surface area (Å²) in [5.74, 6) is 1.56. The van der Waals surface area contributed by atoms with Crippen molar-refractivity contribution in [2.75, 3.05) is 25.6 Å². The molecule has 7 heteroatoms. The summed E-state index contributed by atoms with van der Waals surface area (Å²) in [4.78, 5) is 4.26. The fourth-order valence-corrected chi connectivity index (χ4v) is 1.74. The average molecular weight is 250 g/mol. The lowest BCUT2D eigenvalue weighted by molar-refractivity contribution is 0.178. The van der Waals surface area contributed by atoms with Crippen LogP contribution in [-0.2, 0) is 4.74 Å². The Morgan fingerprint density at radius 2 is 2.33 bits per heavy atom. The lowest BCUT2D eigenvalue weighted by Crippen LogP contribution is -2.28. The third-order valence-corrected chi connectivity index (χ3v) is 2.69. The number of hydrogen-bond donors (Lipinski definition) is 2. The summed E-state index contributed by atoms with van der Waals surface area (Å²) in [6.45, 7) is 3.19. The zero-order chi connectivity index (χ0) is 13.0. The molecule has 0 aromatic carbocycles. The van der Waals surface area contributed by atoms with Crippen molar-refractivity contribution in [2.24, 2.45) is 5.73 Å². The number of methoxy groups -OCH3 is 1. The Morgan fingerprint density at radius 3 is 3.11 bits per heavy atom. The lowest BCUT2D eigenvalue weighted by atomic mass is 10.2. The molecule has 1 atom stereocenters. The minimum absolute atomic E-state index is 0.0295. The molecule has 0 radical (unpaired) electrons. The van der Waals surface area contributed by atoms with Gasteiger partial charge < -0.3 is 15.8 Å². The molecule has 0 aliphatic heterocycles. The highest BCUT2D eigenvalue weighted by Gasteiger charge is 2.07. The Morgan fingerprint density at radius 1 is 1.50 bits per heavy atom. The van der Waals surface area contributed by atoms with Crippen molar-refractivity contribution >= 4 is 11.5 Å². The topological polar surface area (TPSA) is 90.4 Å². The summed E-state index contributed by atoms with van der Waals surface area (Å²) in [5, 5.41) is 11.3. The van der Waals surface area contributed by atoms with Crippen LogP contribution in [0, 0.1) is 6.92 Å². The maximum atomic E-state index is 5.85. The van der Waals surface area contributed by atoms with E-state index in [0.29, 0.717) is 6.61 Å². The Labute approximate surface area is 105 Å². The smallest absolute Gasteiger partial charge is 0.203 e. The van der Waals surface area contributed by atoms with E-state index in [1.54, 1.807) is 13.3 Å². The molecule has 0 saturated heterocycles. The van der Waals surface area contributed by atoms with Gasteiger partial charge in [0.25, 0.3) is 0 Å². The Hall–Kier alpha value is -1.73. The van der Waals surface area contributed by atoms with Crippen molar-refractivity contribution in [3.05, 3.63) is 18.2 Å². The van der Waals surface area contributed by atoms with E-state index in [9.17, 15) is 0 Å². The summed E-state index contributed by atoms with van der Waals surface area (Å²) in [7, 11) is 1.65. The van der Waals surface area contributed by atoms with Crippen molar-refractivity contribution in [3.8, 4) is 0 Å². The number of aryl methyl sites for hydroxylation is 1. The SMILES string of the molecule is COCC(N)CCNc1nccn2c(C)nnc12. The van der Waals surface area contributed by atoms with Gasteiger partial charge in [0.15, 0.2) is 5.82 Å². The van der Waals surface area contributed by atoms with E-state index in [2.05, 4.69) is 20.5 Å². The number of ether oxygens (including phenoxy) is 1. The third-order valence-electron chi connectivity index (χ3n) is 2.69. The highest BCUT2D eigenvalue weighted by atomic mass is 16.5. The quantitative estimate of drug-likeness (QED) is 0.761. The Kier molecular flexibility index (Phi) is 4.06. The molecule has 2 aromatic rings. The molecule has 3 N–H and O–H groups in total. The summed E-state index contributed by atoms with van der Waals surface area (Å²) in [6, 6.07) is 0.0295. The van der Waals surface area contributed by atoms with E-state index in [0.717, 1.165) is 30.3 Å². The van der Waals surface area contributed by atoms with Gasteiger partial charge in [-0.2, -0.15) is 0 Å². The van der Waals surface area contributed by atoms with E-state index >= 15 is 0 Å². The van der Waals surface area contributed by atoms with Gasteiger partial charge in [0, 0.05) is 32.1 Å². The molecule has 0 spiro atoms. The second-order valence-corrected chi connectivity index (χ2v) is 4.15. The van der Waals surface area contributed by atoms with Crippen LogP contribution < -0.4 is 11.1 Å². The van der Waals surface area contributed by atoms with Crippen molar-refractivity contribution in [2.45, 2.75) is 19.4 Å². The molecular weight excluding hydrogens is 232 g/mol. The zero-order valence-electron chi connectivity index (χ0n) is 10.6. The van der Waals surface area contributed by atoms with Crippen LogP contribution in [-0.4, -0.2) is 45.9 Å². The molecule has 2 heterocycles. The second kappa shape index (κ2) is 5.74. The number of nitrogens with zero attached hydrogens (tertiary/aromatic N) is 4. The minimum Gasteiger partial charge on any atom is -0.383 e. The monoisotopic (exact) mass is 250 g/mol. The number of anilines is 1. The Balaban J connectivity index is 1.99. The molecule has 0 aliphatic carbocycles. The normalized spacial score (nSPS) is 12.8. The van der Waals surface area contributed by atoms with Crippen LogP contribution in [0.3, 0.4) is 0 Å². The number of rotatable bonds is 6. The molecule has 0 bridgehead atoms. The van der Waals surface area contributed by atoms with Gasteiger partial charge in [-0.1, -0.05) is 0 Å². The summed E-state index contributed by atoms with van der Waals surface area (Å²) in [5.41, 5.74) is 6.58. The largest absolute Gasteiger partial charge is 0.383 e. The number of nitrogens with two attached hydrogens (primary N) is 1. The van der Waals surface area contributed by atoms with Crippen LogP contribution in [0.15, 0.2) is 12.4 Å². The number of aromatic nitrogens is 4. The molecule has 98 valence electrons. The van der Waals surface area contributed by atoms with Crippen molar-refractivity contribution < 1.29 is 4.74 Å². The van der Waals surface area contributed by atoms with Gasteiger partial charge in [-0.15, -0.1) is 10.2 Å². The molecule has 0 saturated carbocycles. The van der Waals surface area contributed by atoms with Crippen molar-refractivity contribution in [1.29, 1.82) is 0 Å². The summed E-state index contributed by atoms with van der Waals surface area (Å²) in [6.07, 6.45) is 4.37. The van der Waals surface area contributed by atoms with Gasteiger partial charge in [0.2, 0.25) is 5.65 Å². The molecule has 0 fully saturated rings. The predicted molar refractivity (Wildman–Crippen MR) is 68.5 cm³/mol. The van der Waals surface area contributed by atoms with Crippen LogP contribution in [0.2, 0.25) is 0 Å². The Bertz CT molecular complexity index is 511. The van der Waals surface area contributed by atoms with E-state index in [-0.39, 0.29) is 6.04 Å². The lowest BCUT2D eigenvalue weighted by Gasteiger charge is -2.11. The second-order valence-electron chi connectivity index (χ2n) is 4.15. The molecule has 2 rings (SSSR count). The van der Waals surface area contributed by atoms with Crippen molar-refractivity contribution in [3.63, 3.8) is 0 Å². The minimum atomic E-state index is 0.0295. The van der Waals surface area contributed by atoms with Gasteiger partial charge >= 0.3 is 0 Å². The molecule has 1 unspecified atom stereocenters. The van der Waals surface area contributed by atoms with E-state index in [1.807, 2.05) is 17.5 Å². The fraction of sp³-hybridized carbons (Fsp3) is 0.545. The summed E-state index contributed by atoms with van der Waals surface area (Å²) >= 11 is 0. The van der Waals surface area contributed by atoms with Gasteiger partial charge in [0.05, 0.1) is 6.61 Å². The maximum Gasteiger partial charge on any atom is 0.203 e. The third kappa shape index (κ3) is 2.74. The first-order valence-electron chi connectivity index (χ1n) is 5.87. The number of nitrogens with one attached hydrogen (secondary N) is 1. The predicted octanol–water partition coefficient (Wildman–Crippen LogP) is 0.208. The first-order valence-corrected chi connectivity index (χ1v) is 5.87. The first-order chi connectivity index (χ1) is 8.72. The molecule has 7 nitrogen and oxygen atoms in total. The van der Waals surface area contributed by atoms with Crippen LogP contribution in [0.5, 0.6) is 0 Å². The molecule has 2 aromatic heterocycles. The maximum absolute atomic E-state index is 5.85. The molecule has 18 heavy (non-hydrogen) atoms.